The standard InChI is InChI=1S/C21H16Cl4N2O3S/c22-14-4-8-16(9-5-14)26-21(28)13-27(12-18-19(24)2-1-3-20(18)25)31(29,30)17-10-6-15(23)7-11-17/h1-11H,12-13H2,(H,26,28). The van der Waals surface area contributed by atoms with Gasteiger partial charge in [-0.05, 0) is 60.7 Å². The van der Waals surface area contributed by atoms with Gasteiger partial charge in [-0.3, -0.25) is 4.79 Å². The zero-order valence-electron chi connectivity index (χ0n) is 15.9. The molecule has 0 saturated heterocycles. The Labute approximate surface area is 200 Å². The van der Waals surface area contributed by atoms with Crippen molar-refractivity contribution in [2.75, 3.05) is 11.9 Å². The normalized spacial score (nSPS) is 11.5. The van der Waals surface area contributed by atoms with Gasteiger partial charge in [0, 0.05) is 37.9 Å². The van der Waals surface area contributed by atoms with E-state index in [-0.39, 0.29) is 11.4 Å². The molecule has 3 aromatic rings. The number of carbonyl (C=O) groups is 1. The number of anilines is 1. The Morgan fingerprint density at radius 1 is 0.806 bits per heavy atom. The molecule has 1 N–H and O–H groups in total. The van der Waals surface area contributed by atoms with Gasteiger partial charge in [-0.15, -0.1) is 0 Å². The minimum Gasteiger partial charge on any atom is -0.325 e. The first-order valence-electron chi connectivity index (χ1n) is 8.91. The summed E-state index contributed by atoms with van der Waals surface area (Å²) in [6.07, 6.45) is 0. The van der Waals surface area contributed by atoms with Crippen molar-refractivity contribution in [3.05, 3.63) is 92.4 Å². The monoisotopic (exact) mass is 516 g/mol. The SMILES string of the molecule is O=C(CN(Cc1c(Cl)cccc1Cl)S(=O)(=O)c1ccc(Cl)cc1)Nc1ccc(Cl)cc1. The maximum absolute atomic E-state index is 13.3. The van der Waals surface area contributed by atoms with E-state index in [0.717, 1.165) is 4.31 Å². The quantitative estimate of drug-likeness (QED) is 0.410. The second-order valence-corrected chi connectivity index (χ2v) is 10.1. The van der Waals surface area contributed by atoms with Gasteiger partial charge in [-0.2, -0.15) is 4.31 Å². The number of sulfonamides is 1. The fourth-order valence-corrected chi connectivity index (χ4v) is 4.87. The van der Waals surface area contributed by atoms with Crippen molar-refractivity contribution in [2.24, 2.45) is 0 Å². The molecule has 0 saturated carbocycles. The Morgan fingerprint density at radius 3 is 1.87 bits per heavy atom. The molecule has 0 spiro atoms. The molecular weight excluding hydrogens is 502 g/mol. The molecule has 10 heteroatoms. The van der Waals surface area contributed by atoms with Crippen LogP contribution in [0.3, 0.4) is 0 Å². The second-order valence-electron chi connectivity index (χ2n) is 6.48. The van der Waals surface area contributed by atoms with Gasteiger partial charge < -0.3 is 5.32 Å². The van der Waals surface area contributed by atoms with E-state index in [1.807, 2.05) is 0 Å². The predicted molar refractivity (Wildman–Crippen MR) is 126 cm³/mol. The Morgan fingerprint density at radius 2 is 1.32 bits per heavy atom. The Kier molecular flexibility index (Phi) is 7.86. The van der Waals surface area contributed by atoms with E-state index >= 15 is 0 Å². The Bertz CT molecular complexity index is 1160. The first kappa shape index (κ1) is 23.9. The van der Waals surface area contributed by atoms with Crippen molar-refractivity contribution in [3.63, 3.8) is 0 Å². The lowest BCUT2D eigenvalue weighted by molar-refractivity contribution is -0.116. The van der Waals surface area contributed by atoms with Crippen LogP contribution in [0, 0.1) is 0 Å². The largest absolute Gasteiger partial charge is 0.325 e. The third-order valence-electron chi connectivity index (χ3n) is 4.30. The molecule has 1 amide bonds. The highest BCUT2D eigenvalue weighted by molar-refractivity contribution is 7.89. The summed E-state index contributed by atoms with van der Waals surface area (Å²) in [6, 6.07) is 17.0. The smallest absolute Gasteiger partial charge is 0.243 e. The zero-order chi connectivity index (χ0) is 22.6. The Hall–Kier alpha value is -1.80. The highest BCUT2D eigenvalue weighted by atomic mass is 35.5. The van der Waals surface area contributed by atoms with Gasteiger partial charge in [0.1, 0.15) is 0 Å². The van der Waals surface area contributed by atoms with Crippen LogP contribution in [-0.4, -0.2) is 25.2 Å². The van der Waals surface area contributed by atoms with Crippen LogP contribution in [0.4, 0.5) is 5.69 Å². The van der Waals surface area contributed by atoms with E-state index in [1.54, 1.807) is 42.5 Å². The van der Waals surface area contributed by atoms with Crippen LogP contribution in [0.5, 0.6) is 0 Å². The number of carbonyl (C=O) groups excluding carboxylic acids is 1. The number of hydrogen-bond acceptors (Lipinski definition) is 3. The van der Waals surface area contributed by atoms with Crippen LogP contribution in [0.1, 0.15) is 5.56 Å². The minimum atomic E-state index is -4.07. The van der Waals surface area contributed by atoms with Crippen molar-refractivity contribution >= 4 is 68.0 Å². The first-order valence-corrected chi connectivity index (χ1v) is 11.9. The van der Waals surface area contributed by atoms with E-state index < -0.39 is 22.5 Å². The molecule has 0 aromatic heterocycles. The van der Waals surface area contributed by atoms with Crippen LogP contribution in [0.25, 0.3) is 0 Å². The number of benzene rings is 3. The Balaban J connectivity index is 1.92. The molecule has 0 unspecified atom stereocenters. The number of nitrogens with zero attached hydrogens (tertiary/aromatic N) is 1. The van der Waals surface area contributed by atoms with E-state index in [9.17, 15) is 13.2 Å². The number of hydrogen-bond donors (Lipinski definition) is 1. The van der Waals surface area contributed by atoms with Crippen molar-refractivity contribution < 1.29 is 13.2 Å². The van der Waals surface area contributed by atoms with Crippen LogP contribution >= 0.6 is 46.4 Å². The van der Waals surface area contributed by atoms with Crippen LogP contribution < -0.4 is 5.32 Å². The molecule has 31 heavy (non-hydrogen) atoms. The molecule has 0 heterocycles. The van der Waals surface area contributed by atoms with Crippen LogP contribution in [0.2, 0.25) is 20.1 Å². The summed E-state index contributed by atoms with van der Waals surface area (Å²) in [6.45, 7) is -0.660. The van der Waals surface area contributed by atoms with Gasteiger partial charge in [0.25, 0.3) is 0 Å². The average molecular weight is 518 g/mol. The van der Waals surface area contributed by atoms with Gasteiger partial charge in [0.2, 0.25) is 15.9 Å². The van der Waals surface area contributed by atoms with Crippen LogP contribution in [-0.2, 0) is 21.4 Å². The molecule has 0 aliphatic rings. The molecule has 0 fully saturated rings. The summed E-state index contributed by atoms with van der Waals surface area (Å²) < 4.78 is 27.6. The lowest BCUT2D eigenvalue weighted by atomic mass is 10.2. The summed E-state index contributed by atoms with van der Waals surface area (Å²) in [5.41, 5.74) is 0.872. The minimum absolute atomic E-state index is 0.0145. The number of rotatable bonds is 7. The van der Waals surface area contributed by atoms with Crippen molar-refractivity contribution in [2.45, 2.75) is 11.4 Å². The van der Waals surface area contributed by atoms with Crippen molar-refractivity contribution in [1.29, 1.82) is 0 Å². The van der Waals surface area contributed by atoms with Gasteiger partial charge >= 0.3 is 0 Å². The van der Waals surface area contributed by atoms with Crippen molar-refractivity contribution in [3.8, 4) is 0 Å². The molecule has 0 aliphatic carbocycles. The third kappa shape index (κ3) is 6.13. The number of amides is 1. The maximum Gasteiger partial charge on any atom is 0.243 e. The summed E-state index contributed by atoms with van der Waals surface area (Å²) in [7, 11) is -4.07. The summed E-state index contributed by atoms with van der Waals surface area (Å²) in [4.78, 5) is 12.6. The summed E-state index contributed by atoms with van der Waals surface area (Å²) >= 11 is 24.2. The number of halogens is 4. The van der Waals surface area contributed by atoms with Crippen molar-refractivity contribution in [1.82, 2.24) is 4.31 Å². The van der Waals surface area contributed by atoms with E-state index in [1.165, 1.54) is 24.3 Å². The zero-order valence-corrected chi connectivity index (χ0v) is 19.7. The summed E-state index contributed by atoms with van der Waals surface area (Å²) in [5, 5.41) is 4.14. The molecule has 0 radical (unpaired) electrons. The average Bonchev–Trinajstić information content (AvgIpc) is 2.72. The maximum atomic E-state index is 13.3. The lowest BCUT2D eigenvalue weighted by Crippen LogP contribution is -2.37. The molecule has 3 rings (SSSR count). The summed E-state index contributed by atoms with van der Waals surface area (Å²) in [5.74, 6) is -0.539. The van der Waals surface area contributed by atoms with Gasteiger partial charge in [-0.1, -0.05) is 52.5 Å². The molecule has 0 aliphatic heterocycles. The molecular formula is C21H16Cl4N2O3S. The second kappa shape index (κ2) is 10.2. The van der Waals surface area contributed by atoms with E-state index in [2.05, 4.69) is 5.32 Å². The molecule has 162 valence electrons. The molecule has 3 aromatic carbocycles. The highest BCUT2D eigenvalue weighted by Crippen LogP contribution is 2.28. The fourth-order valence-electron chi connectivity index (χ4n) is 2.74. The number of nitrogens with one attached hydrogen (secondary N) is 1. The molecule has 5 nitrogen and oxygen atoms in total. The third-order valence-corrected chi connectivity index (χ3v) is 7.31. The van der Waals surface area contributed by atoms with Gasteiger partial charge in [0.05, 0.1) is 11.4 Å². The van der Waals surface area contributed by atoms with Gasteiger partial charge in [0.15, 0.2) is 0 Å². The van der Waals surface area contributed by atoms with Crippen LogP contribution in [0.15, 0.2) is 71.6 Å². The van der Waals surface area contributed by atoms with E-state index in [0.29, 0.717) is 31.3 Å². The molecule has 0 atom stereocenters. The first-order chi connectivity index (χ1) is 14.7. The van der Waals surface area contributed by atoms with Gasteiger partial charge in [-0.25, -0.2) is 8.42 Å². The predicted octanol–water partition coefficient (Wildman–Crippen LogP) is 6.13. The highest BCUT2D eigenvalue weighted by Gasteiger charge is 2.28. The topological polar surface area (TPSA) is 66.5 Å². The lowest BCUT2D eigenvalue weighted by Gasteiger charge is -2.23. The molecule has 0 bridgehead atoms. The fraction of sp³-hybridized carbons (Fsp3) is 0.0952. The van der Waals surface area contributed by atoms with E-state index in [4.69, 9.17) is 46.4 Å².